The van der Waals surface area contributed by atoms with Crippen LogP contribution in [0.5, 0.6) is 0 Å². The summed E-state index contributed by atoms with van der Waals surface area (Å²) in [5, 5.41) is 12.6. The number of rotatable bonds is 3. The van der Waals surface area contributed by atoms with Gasteiger partial charge in [0.15, 0.2) is 0 Å². The molecule has 0 radical (unpaired) electrons. The van der Waals surface area contributed by atoms with Crippen LogP contribution in [-0.4, -0.2) is 0 Å². The van der Waals surface area contributed by atoms with Crippen molar-refractivity contribution in [2.24, 2.45) is 0 Å². The van der Waals surface area contributed by atoms with E-state index in [0.29, 0.717) is 12.0 Å². The molecule has 2 heteroatoms. The average molecular weight is 276 g/mol. The van der Waals surface area contributed by atoms with Gasteiger partial charge in [0, 0.05) is 12.6 Å². The molecule has 1 N–H and O–H groups in total. The first-order chi connectivity index (χ1) is 10.3. The minimum Gasteiger partial charge on any atom is -0.306 e. The number of fused-ring (bicyclic) bond motifs is 1. The van der Waals surface area contributed by atoms with Crippen LogP contribution in [0.2, 0.25) is 0 Å². The van der Waals surface area contributed by atoms with Gasteiger partial charge in [-0.3, -0.25) is 0 Å². The zero-order valence-corrected chi connectivity index (χ0v) is 12.3. The van der Waals surface area contributed by atoms with Crippen LogP contribution in [0.1, 0.15) is 54.0 Å². The van der Waals surface area contributed by atoms with Gasteiger partial charge in [-0.15, -0.1) is 0 Å². The van der Waals surface area contributed by atoms with Gasteiger partial charge < -0.3 is 5.32 Å². The molecule has 1 aliphatic carbocycles. The molecular formula is C19H20N2. The van der Waals surface area contributed by atoms with Crippen molar-refractivity contribution >= 4 is 0 Å². The van der Waals surface area contributed by atoms with Gasteiger partial charge in [-0.2, -0.15) is 5.26 Å². The van der Waals surface area contributed by atoms with E-state index in [1.165, 1.54) is 29.5 Å². The third kappa shape index (κ3) is 2.99. The molecule has 0 amide bonds. The summed E-state index contributed by atoms with van der Waals surface area (Å²) in [5.74, 6) is 0.654. The minimum absolute atomic E-state index is 0.420. The summed E-state index contributed by atoms with van der Waals surface area (Å²) in [5.41, 5.74) is 4.82. The second-order valence-corrected chi connectivity index (χ2v) is 5.85. The Balaban J connectivity index is 1.74. The Morgan fingerprint density at radius 2 is 1.90 bits per heavy atom. The second-order valence-electron chi connectivity index (χ2n) is 5.85. The van der Waals surface area contributed by atoms with Gasteiger partial charge in [0.05, 0.1) is 11.6 Å². The highest BCUT2D eigenvalue weighted by Gasteiger charge is 2.23. The predicted molar refractivity (Wildman–Crippen MR) is 84.8 cm³/mol. The molecule has 2 aromatic carbocycles. The molecule has 0 bridgehead atoms. The van der Waals surface area contributed by atoms with Crippen molar-refractivity contribution in [2.45, 2.75) is 38.3 Å². The molecular weight excluding hydrogens is 256 g/mol. The quantitative estimate of drug-likeness (QED) is 0.908. The Hall–Kier alpha value is -2.11. The first kappa shape index (κ1) is 13.9. The molecule has 0 heterocycles. The molecule has 0 aromatic heterocycles. The maximum Gasteiger partial charge on any atom is 0.0991 e. The van der Waals surface area contributed by atoms with Crippen LogP contribution in [0, 0.1) is 11.3 Å². The van der Waals surface area contributed by atoms with Crippen molar-refractivity contribution in [1.29, 1.82) is 5.26 Å². The van der Waals surface area contributed by atoms with Crippen molar-refractivity contribution in [1.82, 2.24) is 5.32 Å². The summed E-state index contributed by atoms with van der Waals surface area (Å²) in [6.45, 7) is 3.12. The predicted octanol–water partition coefficient (Wildman–Crippen LogP) is 4.29. The molecule has 106 valence electrons. The number of benzene rings is 2. The topological polar surface area (TPSA) is 35.8 Å². The molecule has 0 saturated heterocycles. The van der Waals surface area contributed by atoms with E-state index in [9.17, 15) is 0 Å². The lowest BCUT2D eigenvalue weighted by atomic mass is 9.81. The van der Waals surface area contributed by atoms with Crippen LogP contribution in [0.3, 0.4) is 0 Å². The lowest BCUT2D eigenvalue weighted by molar-refractivity contribution is 0.431. The van der Waals surface area contributed by atoms with E-state index in [-0.39, 0.29) is 0 Å². The van der Waals surface area contributed by atoms with E-state index in [1.54, 1.807) is 0 Å². The van der Waals surface area contributed by atoms with E-state index in [1.807, 2.05) is 18.2 Å². The Kier molecular flexibility index (Phi) is 4.03. The molecule has 0 fully saturated rings. The Labute approximate surface area is 126 Å². The van der Waals surface area contributed by atoms with Crippen LogP contribution in [0.25, 0.3) is 0 Å². The SMILES string of the molecule is CC1CCC(NCc2cccc(C#N)c2)c2ccccc21. The highest BCUT2D eigenvalue weighted by molar-refractivity contribution is 5.36. The molecule has 21 heavy (non-hydrogen) atoms. The van der Waals surface area contributed by atoms with E-state index < -0.39 is 0 Å². The Morgan fingerprint density at radius 1 is 1.10 bits per heavy atom. The summed E-state index contributed by atoms with van der Waals surface area (Å²) in [6, 6.07) is 19.2. The third-order valence-corrected chi connectivity index (χ3v) is 4.40. The first-order valence-electron chi connectivity index (χ1n) is 7.59. The summed E-state index contributed by atoms with van der Waals surface area (Å²) in [6.07, 6.45) is 2.41. The van der Waals surface area contributed by atoms with Crippen LogP contribution in [-0.2, 0) is 6.54 Å². The molecule has 2 aromatic rings. The zero-order valence-electron chi connectivity index (χ0n) is 12.3. The smallest absolute Gasteiger partial charge is 0.0991 e. The van der Waals surface area contributed by atoms with Crippen molar-refractivity contribution in [3.8, 4) is 6.07 Å². The molecule has 0 aliphatic heterocycles. The van der Waals surface area contributed by atoms with Crippen molar-refractivity contribution < 1.29 is 0 Å². The molecule has 3 rings (SSSR count). The van der Waals surface area contributed by atoms with Crippen molar-refractivity contribution in [3.05, 3.63) is 70.8 Å². The highest BCUT2D eigenvalue weighted by Crippen LogP contribution is 2.37. The highest BCUT2D eigenvalue weighted by atomic mass is 14.9. The van der Waals surface area contributed by atoms with Crippen LogP contribution < -0.4 is 5.32 Å². The Bertz CT molecular complexity index is 669. The molecule has 0 spiro atoms. The van der Waals surface area contributed by atoms with Crippen molar-refractivity contribution in [3.63, 3.8) is 0 Å². The van der Waals surface area contributed by atoms with E-state index >= 15 is 0 Å². The van der Waals surface area contributed by atoms with Gasteiger partial charge in [-0.1, -0.05) is 43.3 Å². The fourth-order valence-electron chi connectivity index (χ4n) is 3.21. The largest absolute Gasteiger partial charge is 0.306 e. The summed E-state index contributed by atoms with van der Waals surface area (Å²) >= 11 is 0. The van der Waals surface area contributed by atoms with Crippen LogP contribution in [0.4, 0.5) is 0 Å². The lowest BCUT2D eigenvalue weighted by Crippen LogP contribution is -2.25. The van der Waals surface area contributed by atoms with Gasteiger partial charge in [-0.25, -0.2) is 0 Å². The minimum atomic E-state index is 0.420. The number of nitrogens with zero attached hydrogens (tertiary/aromatic N) is 1. The summed E-state index contributed by atoms with van der Waals surface area (Å²) in [7, 11) is 0. The van der Waals surface area contributed by atoms with Gasteiger partial charge in [0.1, 0.15) is 0 Å². The first-order valence-corrected chi connectivity index (χ1v) is 7.59. The maximum absolute atomic E-state index is 8.97. The van der Waals surface area contributed by atoms with Gasteiger partial charge in [0.25, 0.3) is 0 Å². The fourth-order valence-corrected chi connectivity index (χ4v) is 3.21. The number of hydrogen-bond acceptors (Lipinski definition) is 2. The monoisotopic (exact) mass is 276 g/mol. The second kappa shape index (κ2) is 6.11. The van der Waals surface area contributed by atoms with E-state index in [2.05, 4.69) is 48.6 Å². The third-order valence-electron chi connectivity index (χ3n) is 4.40. The maximum atomic E-state index is 8.97. The lowest BCUT2D eigenvalue weighted by Gasteiger charge is -2.30. The van der Waals surface area contributed by atoms with Gasteiger partial charge >= 0.3 is 0 Å². The van der Waals surface area contributed by atoms with Crippen molar-refractivity contribution in [2.75, 3.05) is 0 Å². The van der Waals surface area contributed by atoms with Gasteiger partial charge in [-0.05, 0) is 47.6 Å². The molecule has 2 nitrogen and oxygen atoms in total. The molecule has 2 atom stereocenters. The standard InChI is InChI=1S/C19H20N2/c1-14-9-10-19(18-8-3-2-7-17(14)18)21-13-16-6-4-5-15(11-16)12-20/h2-8,11,14,19,21H,9-10,13H2,1H3. The fraction of sp³-hybridized carbons (Fsp3) is 0.316. The molecule has 2 unspecified atom stereocenters. The Morgan fingerprint density at radius 3 is 2.71 bits per heavy atom. The van der Waals surface area contributed by atoms with Crippen LogP contribution >= 0.6 is 0 Å². The summed E-state index contributed by atoms with van der Waals surface area (Å²) in [4.78, 5) is 0. The number of nitriles is 1. The zero-order chi connectivity index (χ0) is 14.7. The summed E-state index contributed by atoms with van der Waals surface area (Å²) < 4.78 is 0. The van der Waals surface area contributed by atoms with E-state index in [0.717, 1.165) is 12.1 Å². The normalized spacial score (nSPS) is 20.6. The van der Waals surface area contributed by atoms with Gasteiger partial charge in [0.2, 0.25) is 0 Å². The number of hydrogen-bond donors (Lipinski definition) is 1. The van der Waals surface area contributed by atoms with E-state index in [4.69, 9.17) is 5.26 Å². The average Bonchev–Trinajstić information content (AvgIpc) is 2.55. The molecule has 1 aliphatic rings. The molecule has 0 saturated carbocycles. The number of nitrogens with one attached hydrogen (secondary N) is 1. The van der Waals surface area contributed by atoms with Crippen LogP contribution in [0.15, 0.2) is 48.5 Å².